The van der Waals surface area contributed by atoms with Gasteiger partial charge in [-0.1, -0.05) is 54.6 Å². The van der Waals surface area contributed by atoms with E-state index in [9.17, 15) is 9.59 Å². The van der Waals surface area contributed by atoms with Gasteiger partial charge in [-0.25, -0.2) is 4.68 Å². The van der Waals surface area contributed by atoms with Crippen molar-refractivity contribution in [2.24, 2.45) is 0 Å². The van der Waals surface area contributed by atoms with Crippen molar-refractivity contribution >= 4 is 17.6 Å². The van der Waals surface area contributed by atoms with E-state index >= 15 is 0 Å². The van der Waals surface area contributed by atoms with E-state index in [-0.39, 0.29) is 24.4 Å². The Morgan fingerprint density at radius 2 is 1.55 bits per heavy atom. The van der Waals surface area contributed by atoms with E-state index in [1.54, 1.807) is 30.0 Å². The number of anilines is 1. The van der Waals surface area contributed by atoms with Crippen LogP contribution in [0.1, 0.15) is 25.5 Å². The van der Waals surface area contributed by atoms with Crippen LogP contribution in [-0.4, -0.2) is 60.4 Å². The normalized spacial score (nSPS) is 11.7. The van der Waals surface area contributed by atoms with Crippen LogP contribution in [0.25, 0.3) is 16.8 Å². The second-order valence-corrected chi connectivity index (χ2v) is 9.38. The highest BCUT2D eigenvalue weighted by atomic mass is 16.5. The van der Waals surface area contributed by atoms with Crippen molar-refractivity contribution in [1.29, 1.82) is 0 Å². The first-order valence-electron chi connectivity index (χ1n) is 12.9. The third kappa shape index (κ3) is 6.32. The standard InChI is InChI=1S/C31H34N4O5/c1-21(2)34(31(37)29(40-5)23-16-17-26(38-3)27(18-23)39-4)20-28(36)32-30-25(22-12-8-6-9-13-22)19-35(33-30)24-14-10-7-11-15-24/h6-19,21,29H,20H2,1-5H3,(H,32,33,36)/t29-/m1/s1. The Morgan fingerprint density at radius 1 is 0.900 bits per heavy atom. The van der Waals surface area contributed by atoms with Gasteiger partial charge in [-0.2, -0.15) is 0 Å². The predicted molar refractivity (Wildman–Crippen MR) is 154 cm³/mol. The molecular weight excluding hydrogens is 508 g/mol. The topological polar surface area (TPSA) is 94.9 Å². The predicted octanol–water partition coefficient (Wildman–Crippen LogP) is 5.12. The Balaban J connectivity index is 1.58. The van der Waals surface area contributed by atoms with Crippen LogP contribution in [0.3, 0.4) is 0 Å². The van der Waals surface area contributed by atoms with Gasteiger partial charge in [-0.3, -0.25) is 9.59 Å². The quantitative estimate of drug-likeness (QED) is 0.283. The summed E-state index contributed by atoms with van der Waals surface area (Å²) in [5, 5.41) is 7.59. The van der Waals surface area contributed by atoms with E-state index in [2.05, 4.69) is 10.4 Å². The number of rotatable bonds is 11. The van der Waals surface area contributed by atoms with Gasteiger partial charge in [-0.15, -0.1) is 5.10 Å². The second kappa shape index (κ2) is 12.9. The van der Waals surface area contributed by atoms with Crippen LogP contribution in [0.15, 0.2) is 85.1 Å². The van der Waals surface area contributed by atoms with Crippen LogP contribution in [0.4, 0.5) is 5.82 Å². The lowest BCUT2D eigenvalue weighted by atomic mass is 10.1. The van der Waals surface area contributed by atoms with Crippen LogP contribution in [0.5, 0.6) is 11.5 Å². The van der Waals surface area contributed by atoms with Crippen molar-refractivity contribution in [2.75, 3.05) is 33.2 Å². The summed E-state index contributed by atoms with van der Waals surface area (Å²) in [5.41, 5.74) is 3.12. The summed E-state index contributed by atoms with van der Waals surface area (Å²) in [7, 11) is 4.53. The number of amides is 2. The van der Waals surface area contributed by atoms with Crippen molar-refractivity contribution in [1.82, 2.24) is 14.7 Å². The molecule has 3 aromatic carbocycles. The Bertz CT molecular complexity index is 1440. The van der Waals surface area contributed by atoms with Crippen molar-refractivity contribution in [2.45, 2.75) is 26.0 Å². The summed E-state index contributed by atoms with van der Waals surface area (Å²) in [6.45, 7) is 3.52. The Kier molecular flexibility index (Phi) is 9.19. The average molecular weight is 543 g/mol. The number of para-hydroxylation sites is 1. The third-order valence-corrected chi connectivity index (χ3v) is 6.47. The monoisotopic (exact) mass is 542 g/mol. The molecule has 0 bridgehead atoms. The van der Waals surface area contributed by atoms with E-state index in [0.717, 1.165) is 16.8 Å². The van der Waals surface area contributed by atoms with Crippen LogP contribution < -0.4 is 14.8 Å². The fourth-order valence-electron chi connectivity index (χ4n) is 4.40. The smallest absolute Gasteiger partial charge is 0.257 e. The SMILES string of the molecule is COc1ccc([C@@H](OC)C(=O)N(CC(=O)Nc2nn(-c3ccccc3)cc2-c2ccccc2)C(C)C)cc1OC. The molecule has 2 amide bonds. The lowest BCUT2D eigenvalue weighted by Crippen LogP contribution is -2.45. The zero-order valence-electron chi connectivity index (χ0n) is 23.3. The van der Waals surface area contributed by atoms with E-state index in [4.69, 9.17) is 14.2 Å². The van der Waals surface area contributed by atoms with Crippen molar-refractivity contribution in [3.8, 4) is 28.3 Å². The average Bonchev–Trinajstić information content (AvgIpc) is 3.40. The molecule has 4 aromatic rings. The molecule has 0 saturated heterocycles. The largest absolute Gasteiger partial charge is 0.493 e. The molecule has 0 radical (unpaired) electrons. The summed E-state index contributed by atoms with van der Waals surface area (Å²) in [6.07, 6.45) is 0.941. The Labute approximate surface area is 234 Å². The van der Waals surface area contributed by atoms with Crippen LogP contribution >= 0.6 is 0 Å². The highest BCUT2D eigenvalue weighted by molar-refractivity contribution is 5.97. The number of carbonyl (C=O) groups is 2. The van der Waals surface area contributed by atoms with Crippen LogP contribution in [0, 0.1) is 0 Å². The van der Waals surface area contributed by atoms with Gasteiger partial charge in [0.2, 0.25) is 5.91 Å². The molecule has 0 spiro atoms. The van der Waals surface area contributed by atoms with Gasteiger partial charge in [0.15, 0.2) is 23.4 Å². The molecule has 9 nitrogen and oxygen atoms in total. The first kappa shape index (κ1) is 28.4. The molecule has 1 aromatic heterocycles. The number of aromatic nitrogens is 2. The van der Waals surface area contributed by atoms with E-state index in [1.807, 2.05) is 80.7 Å². The number of hydrogen-bond acceptors (Lipinski definition) is 6. The number of hydrogen-bond donors (Lipinski definition) is 1. The van der Waals surface area contributed by atoms with Crippen molar-refractivity contribution in [3.05, 3.63) is 90.6 Å². The molecule has 9 heteroatoms. The Morgan fingerprint density at radius 3 is 2.15 bits per heavy atom. The number of ether oxygens (including phenoxy) is 3. The Hall–Kier alpha value is -4.63. The van der Waals surface area contributed by atoms with Gasteiger partial charge in [0.05, 0.1) is 19.9 Å². The maximum absolute atomic E-state index is 13.7. The molecule has 208 valence electrons. The highest BCUT2D eigenvalue weighted by Gasteiger charge is 2.30. The molecule has 0 aliphatic carbocycles. The van der Waals surface area contributed by atoms with Gasteiger partial charge in [0.25, 0.3) is 5.91 Å². The highest BCUT2D eigenvalue weighted by Crippen LogP contribution is 2.32. The summed E-state index contributed by atoms with van der Waals surface area (Å²) in [6, 6.07) is 24.2. The van der Waals surface area contributed by atoms with E-state index in [0.29, 0.717) is 22.9 Å². The maximum Gasteiger partial charge on any atom is 0.257 e. The minimum absolute atomic E-state index is 0.184. The summed E-state index contributed by atoms with van der Waals surface area (Å²) in [4.78, 5) is 28.5. The lowest BCUT2D eigenvalue weighted by molar-refractivity contribution is -0.146. The number of benzene rings is 3. The first-order valence-corrected chi connectivity index (χ1v) is 12.9. The van der Waals surface area contributed by atoms with Gasteiger partial charge in [0, 0.05) is 24.9 Å². The lowest BCUT2D eigenvalue weighted by Gasteiger charge is -2.30. The van der Waals surface area contributed by atoms with E-state index < -0.39 is 6.10 Å². The third-order valence-electron chi connectivity index (χ3n) is 6.47. The number of nitrogens with zero attached hydrogens (tertiary/aromatic N) is 3. The number of carbonyl (C=O) groups excluding carboxylic acids is 2. The minimum atomic E-state index is -0.938. The second-order valence-electron chi connectivity index (χ2n) is 9.38. The van der Waals surface area contributed by atoms with Gasteiger partial charge in [-0.05, 0) is 49.2 Å². The zero-order valence-corrected chi connectivity index (χ0v) is 23.3. The minimum Gasteiger partial charge on any atom is -0.493 e. The maximum atomic E-state index is 13.7. The summed E-state index contributed by atoms with van der Waals surface area (Å²) >= 11 is 0. The molecule has 0 unspecified atom stereocenters. The molecule has 1 heterocycles. The van der Waals surface area contributed by atoms with Crippen molar-refractivity contribution < 1.29 is 23.8 Å². The first-order chi connectivity index (χ1) is 19.4. The molecule has 1 atom stereocenters. The molecule has 0 aliphatic rings. The van der Waals surface area contributed by atoms with Gasteiger partial charge in [0.1, 0.15) is 6.54 Å². The van der Waals surface area contributed by atoms with Gasteiger partial charge < -0.3 is 24.4 Å². The summed E-state index contributed by atoms with van der Waals surface area (Å²) in [5.74, 6) is 0.695. The molecule has 0 aliphatic heterocycles. The number of methoxy groups -OCH3 is 3. The van der Waals surface area contributed by atoms with Crippen molar-refractivity contribution in [3.63, 3.8) is 0 Å². The van der Waals surface area contributed by atoms with Gasteiger partial charge >= 0.3 is 0 Å². The molecular formula is C31H34N4O5. The fraction of sp³-hybridized carbons (Fsp3) is 0.258. The van der Waals surface area contributed by atoms with Crippen LogP contribution in [-0.2, 0) is 14.3 Å². The molecule has 40 heavy (non-hydrogen) atoms. The molecule has 0 fully saturated rings. The zero-order chi connectivity index (χ0) is 28.6. The van der Waals surface area contributed by atoms with E-state index in [1.165, 1.54) is 19.1 Å². The fourth-order valence-corrected chi connectivity index (χ4v) is 4.40. The van der Waals surface area contributed by atoms with Crippen LogP contribution in [0.2, 0.25) is 0 Å². The molecule has 1 N–H and O–H groups in total. The number of nitrogens with one attached hydrogen (secondary N) is 1. The summed E-state index contributed by atoms with van der Waals surface area (Å²) < 4.78 is 18.0. The molecule has 0 saturated carbocycles. The molecule has 4 rings (SSSR count).